The van der Waals surface area contributed by atoms with E-state index in [-0.39, 0.29) is 6.03 Å². The predicted octanol–water partition coefficient (Wildman–Crippen LogP) is 4.42. The van der Waals surface area contributed by atoms with Crippen LogP contribution in [-0.2, 0) is 6.54 Å². The fourth-order valence-electron chi connectivity index (χ4n) is 2.78. The molecule has 1 heterocycles. The molecule has 0 unspecified atom stereocenters. The quantitative estimate of drug-likeness (QED) is 0.805. The highest BCUT2D eigenvalue weighted by molar-refractivity contribution is 7.99. The molecule has 25 heavy (non-hydrogen) atoms. The van der Waals surface area contributed by atoms with E-state index in [9.17, 15) is 4.79 Å². The van der Waals surface area contributed by atoms with Gasteiger partial charge in [0.2, 0.25) is 0 Å². The minimum absolute atomic E-state index is 0.104. The zero-order valence-corrected chi connectivity index (χ0v) is 15.1. The Labute approximate surface area is 153 Å². The van der Waals surface area contributed by atoms with E-state index in [1.807, 2.05) is 66.4 Å². The number of urea groups is 1. The molecular formula is C20H24N2O2S. The van der Waals surface area contributed by atoms with E-state index < -0.39 is 0 Å². The normalized spacial score (nSPS) is 14.7. The van der Waals surface area contributed by atoms with E-state index in [0.717, 1.165) is 23.6 Å². The van der Waals surface area contributed by atoms with Crippen molar-refractivity contribution < 1.29 is 9.53 Å². The summed E-state index contributed by atoms with van der Waals surface area (Å²) >= 11 is 2.00. The number of thioether (sulfide) groups is 1. The maximum absolute atomic E-state index is 12.0. The first-order chi connectivity index (χ1) is 12.3. The average molecular weight is 356 g/mol. The van der Waals surface area contributed by atoms with Gasteiger partial charge in [0.25, 0.3) is 0 Å². The van der Waals surface area contributed by atoms with Crippen LogP contribution in [0.2, 0.25) is 0 Å². The second-order valence-corrected chi connectivity index (χ2v) is 7.41. The fraction of sp³-hybridized carbons (Fsp3) is 0.350. The molecule has 5 heteroatoms. The highest BCUT2D eigenvalue weighted by Crippen LogP contribution is 2.22. The molecule has 0 spiro atoms. The summed E-state index contributed by atoms with van der Waals surface area (Å²) < 4.78 is 5.82. The van der Waals surface area contributed by atoms with Crippen LogP contribution in [0.25, 0.3) is 0 Å². The van der Waals surface area contributed by atoms with Gasteiger partial charge in [-0.05, 0) is 60.1 Å². The smallest absolute Gasteiger partial charge is 0.315 e. The van der Waals surface area contributed by atoms with E-state index in [1.54, 1.807) is 0 Å². The van der Waals surface area contributed by atoms with Crippen molar-refractivity contribution in [1.82, 2.24) is 10.6 Å². The van der Waals surface area contributed by atoms with Crippen molar-refractivity contribution >= 4 is 17.8 Å². The summed E-state index contributed by atoms with van der Waals surface area (Å²) in [7, 11) is 0. The highest BCUT2D eigenvalue weighted by Gasteiger charge is 2.14. The minimum atomic E-state index is -0.104. The number of hydrogen-bond acceptors (Lipinski definition) is 3. The van der Waals surface area contributed by atoms with Gasteiger partial charge >= 0.3 is 6.03 Å². The topological polar surface area (TPSA) is 50.4 Å². The summed E-state index contributed by atoms with van der Waals surface area (Å²) in [6.07, 6.45) is 2.40. The molecule has 0 radical (unpaired) electrons. The third-order valence-corrected chi connectivity index (χ3v) is 5.27. The van der Waals surface area contributed by atoms with E-state index in [0.29, 0.717) is 12.5 Å². The van der Waals surface area contributed by atoms with E-state index in [1.165, 1.54) is 24.3 Å². The van der Waals surface area contributed by atoms with Crippen molar-refractivity contribution in [3.8, 4) is 11.5 Å². The average Bonchev–Trinajstić information content (AvgIpc) is 2.67. The third-order valence-electron chi connectivity index (χ3n) is 4.22. The molecule has 0 bridgehead atoms. The van der Waals surface area contributed by atoms with Crippen LogP contribution < -0.4 is 15.4 Å². The molecule has 1 aliphatic rings. The molecule has 0 atom stereocenters. The summed E-state index contributed by atoms with van der Waals surface area (Å²) in [6, 6.07) is 17.4. The van der Waals surface area contributed by atoms with Crippen LogP contribution in [-0.4, -0.2) is 24.1 Å². The molecule has 4 nitrogen and oxygen atoms in total. The van der Waals surface area contributed by atoms with Gasteiger partial charge in [-0.2, -0.15) is 11.8 Å². The van der Waals surface area contributed by atoms with E-state index in [2.05, 4.69) is 10.6 Å². The van der Waals surface area contributed by atoms with Crippen molar-refractivity contribution in [3.05, 3.63) is 60.2 Å². The highest BCUT2D eigenvalue weighted by atomic mass is 32.2. The summed E-state index contributed by atoms with van der Waals surface area (Å²) in [4.78, 5) is 12.0. The number of rotatable bonds is 6. The number of nitrogens with one attached hydrogen (secondary N) is 2. The Bertz CT molecular complexity index is 672. The Morgan fingerprint density at radius 3 is 2.56 bits per heavy atom. The molecule has 2 N–H and O–H groups in total. The lowest BCUT2D eigenvalue weighted by atomic mass is 10.0. The van der Waals surface area contributed by atoms with Crippen LogP contribution in [0.3, 0.4) is 0 Å². The minimum Gasteiger partial charge on any atom is -0.457 e. The van der Waals surface area contributed by atoms with Gasteiger partial charge in [0.05, 0.1) is 0 Å². The Hall–Kier alpha value is -2.14. The number of amides is 2. The number of para-hydroxylation sites is 1. The molecule has 0 saturated carbocycles. The molecule has 0 aliphatic carbocycles. The van der Waals surface area contributed by atoms with Crippen LogP contribution >= 0.6 is 11.8 Å². The van der Waals surface area contributed by atoms with Gasteiger partial charge in [-0.25, -0.2) is 4.79 Å². The molecule has 3 rings (SSSR count). The van der Waals surface area contributed by atoms with Crippen molar-refractivity contribution in [1.29, 1.82) is 0 Å². The van der Waals surface area contributed by atoms with Gasteiger partial charge in [0, 0.05) is 13.1 Å². The van der Waals surface area contributed by atoms with Crippen molar-refractivity contribution in [2.75, 3.05) is 18.1 Å². The van der Waals surface area contributed by atoms with Gasteiger partial charge in [0.1, 0.15) is 11.5 Å². The number of ether oxygens (including phenoxy) is 1. The van der Waals surface area contributed by atoms with Gasteiger partial charge in [-0.1, -0.05) is 30.3 Å². The van der Waals surface area contributed by atoms with Crippen molar-refractivity contribution in [2.45, 2.75) is 19.4 Å². The van der Waals surface area contributed by atoms with Crippen LogP contribution in [0.5, 0.6) is 11.5 Å². The fourth-order valence-corrected chi connectivity index (χ4v) is 3.98. The molecule has 1 fully saturated rings. The largest absolute Gasteiger partial charge is 0.457 e. The van der Waals surface area contributed by atoms with Gasteiger partial charge in [-0.15, -0.1) is 0 Å². The lowest BCUT2D eigenvalue weighted by molar-refractivity contribution is 0.238. The second-order valence-electron chi connectivity index (χ2n) is 6.18. The first-order valence-corrected chi connectivity index (χ1v) is 9.86. The maximum Gasteiger partial charge on any atom is 0.315 e. The molecule has 2 aromatic carbocycles. The van der Waals surface area contributed by atoms with Crippen LogP contribution in [0.4, 0.5) is 4.79 Å². The lowest BCUT2D eigenvalue weighted by Gasteiger charge is -2.21. The second kappa shape index (κ2) is 9.37. The monoisotopic (exact) mass is 356 g/mol. The van der Waals surface area contributed by atoms with Crippen LogP contribution in [0, 0.1) is 5.92 Å². The first-order valence-electron chi connectivity index (χ1n) is 8.71. The van der Waals surface area contributed by atoms with E-state index >= 15 is 0 Å². The predicted molar refractivity (Wildman–Crippen MR) is 103 cm³/mol. The Morgan fingerprint density at radius 1 is 1.00 bits per heavy atom. The summed E-state index contributed by atoms with van der Waals surface area (Å²) in [5, 5.41) is 5.91. The first kappa shape index (κ1) is 17.7. The number of carbonyl (C=O) groups is 1. The Morgan fingerprint density at radius 2 is 1.76 bits per heavy atom. The summed E-state index contributed by atoms with van der Waals surface area (Å²) in [5.74, 6) is 4.61. The molecule has 0 aromatic heterocycles. The molecule has 132 valence electrons. The van der Waals surface area contributed by atoms with Crippen LogP contribution in [0.15, 0.2) is 54.6 Å². The zero-order valence-electron chi connectivity index (χ0n) is 14.2. The van der Waals surface area contributed by atoms with Gasteiger partial charge in [0.15, 0.2) is 0 Å². The Kier molecular flexibility index (Phi) is 6.63. The molecule has 1 aliphatic heterocycles. The molecular weight excluding hydrogens is 332 g/mol. The Balaban J connectivity index is 1.44. The molecule has 1 saturated heterocycles. The van der Waals surface area contributed by atoms with Crippen molar-refractivity contribution in [3.63, 3.8) is 0 Å². The summed E-state index contributed by atoms with van der Waals surface area (Å²) in [6.45, 7) is 1.25. The maximum atomic E-state index is 12.0. The van der Waals surface area contributed by atoms with E-state index in [4.69, 9.17) is 4.74 Å². The SMILES string of the molecule is O=C(NCc1cccc(Oc2ccccc2)c1)NCC1CCSCC1. The summed E-state index contributed by atoms with van der Waals surface area (Å²) in [5.41, 5.74) is 1.01. The third kappa shape index (κ3) is 6.02. The number of hydrogen-bond donors (Lipinski definition) is 2. The van der Waals surface area contributed by atoms with Gasteiger partial charge < -0.3 is 15.4 Å². The molecule has 2 aromatic rings. The van der Waals surface area contributed by atoms with Gasteiger partial charge in [-0.3, -0.25) is 0 Å². The van der Waals surface area contributed by atoms with Crippen LogP contribution in [0.1, 0.15) is 18.4 Å². The number of benzene rings is 2. The van der Waals surface area contributed by atoms with Crippen molar-refractivity contribution in [2.24, 2.45) is 5.92 Å². The standard InChI is InChI=1S/C20H24N2O2S/c23-20(21-14-16-9-11-25-12-10-16)22-15-17-5-4-8-19(13-17)24-18-6-2-1-3-7-18/h1-8,13,16H,9-12,14-15H2,(H2,21,22,23). The molecule has 2 amide bonds. The lowest BCUT2D eigenvalue weighted by Crippen LogP contribution is -2.38. The number of carbonyl (C=O) groups excluding carboxylic acids is 1. The zero-order chi connectivity index (χ0) is 17.3.